The summed E-state index contributed by atoms with van der Waals surface area (Å²) in [6.07, 6.45) is 1.39. The van der Waals surface area contributed by atoms with Gasteiger partial charge in [-0.1, -0.05) is 36.8 Å². The summed E-state index contributed by atoms with van der Waals surface area (Å²) < 4.78 is 12.8. The van der Waals surface area contributed by atoms with E-state index in [-0.39, 0.29) is 19.1 Å². The fraction of sp³-hybridized carbons (Fsp3) is 0.450. The van der Waals surface area contributed by atoms with Crippen LogP contribution < -0.4 is 5.73 Å². The fourth-order valence-corrected chi connectivity index (χ4v) is 6.93. The second-order valence-electron chi connectivity index (χ2n) is 7.39. The Bertz CT molecular complexity index is 857. The fourth-order valence-electron chi connectivity index (χ4n) is 3.79. The van der Waals surface area contributed by atoms with Gasteiger partial charge in [-0.25, -0.2) is 0 Å². The van der Waals surface area contributed by atoms with E-state index in [1.807, 2.05) is 23.1 Å². The first-order valence-corrected chi connectivity index (χ1v) is 12.2. The van der Waals surface area contributed by atoms with Gasteiger partial charge in [-0.05, 0) is 42.0 Å². The molecule has 1 saturated heterocycles. The number of rotatable bonds is 8. The van der Waals surface area contributed by atoms with Gasteiger partial charge in [0.15, 0.2) is 5.16 Å². The number of benzene rings is 1. The van der Waals surface area contributed by atoms with Gasteiger partial charge in [-0.3, -0.25) is 14.3 Å². The molecule has 2 unspecified atom stereocenters. The molecule has 6 nitrogen and oxygen atoms in total. The largest absolute Gasteiger partial charge is 0.480 e. The predicted molar refractivity (Wildman–Crippen MR) is 113 cm³/mol. The molecule has 0 radical (unpaired) electrons. The van der Waals surface area contributed by atoms with E-state index in [0.29, 0.717) is 32.5 Å². The summed E-state index contributed by atoms with van der Waals surface area (Å²) in [4.78, 5) is 25.7. The zero-order valence-electron chi connectivity index (χ0n) is 15.8. The van der Waals surface area contributed by atoms with Crippen LogP contribution in [-0.2, 0) is 15.9 Å². The van der Waals surface area contributed by atoms with Gasteiger partial charge >= 0.3 is 5.97 Å². The molecule has 3 rings (SSSR count). The van der Waals surface area contributed by atoms with Crippen LogP contribution in [0.4, 0.5) is 0 Å². The summed E-state index contributed by atoms with van der Waals surface area (Å²) in [5.41, 5.74) is 7.80. The van der Waals surface area contributed by atoms with Gasteiger partial charge < -0.3 is 15.7 Å². The lowest BCUT2D eigenvalue weighted by Crippen LogP contribution is -2.53. The topological polar surface area (TPSA) is 104 Å². The predicted octanol–water partition coefficient (Wildman–Crippen LogP) is 3.45. The lowest BCUT2D eigenvalue weighted by atomic mass is 9.99. The van der Waals surface area contributed by atoms with Crippen molar-refractivity contribution in [3.8, 4) is 11.1 Å². The van der Waals surface area contributed by atoms with Gasteiger partial charge in [0.05, 0.1) is 0 Å². The van der Waals surface area contributed by atoms with E-state index in [9.17, 15) is 19.4 Å². The number of nitrogens with zero attached hydrogens (tertiary/aromatic N) is 1. The summed E-state index contributed by atoms with van der Waals surface area (Å²) in [6.45, 7) is 1.56. The average Bonchev–Trinajstić information content (AvgIpc) is 3.13. The maximum atomic E-state index is 12.8. The minimum atomic E-state index is -3.79. The number of thiophene rings is 1. The highest BCUT2D eigenvalue weighted by Gasteiger charge is 2.56. The first-order chi connectivity index (χ1) is 13.4. The molecule has 28 heavy (non-hydrogen) atoms. The minimum absolute atomic E-state index is 0.0127. The van der Waals surface area contributed by atoms with E-state index in [0.717, 1.165) is 16.0 Å². The van der Waals surface area contributed by atoms with E-state index in [1.54, 1.807) is 11.3 Å². The first-order valence-electron chi connectivity index (χ1n) is 9.48. The Morgan fingerprint density at radius 1 is 1.25 bits per heavy atom. The highest BCUT2D eigenvalue weighted by molar-refractivity contribution is 7.61. The van der Waals surface area contributed by atoms with Crippen molar-refractivity contribution >= 4 is 24.7 Å². The summed E-state index contributed by atoms with van der Waals surface area (Å²) in [5.74, 6) is -1.17. The van der Waals surface area contributed by atoms with Crippen molar-refractivity contribution in [3.05, 3.63) is 46.7 Å². The molecule has 1 aromatic carbocycles. The molecule has 0 amide bonds. The van der Waals surface area contributed by atoms with Crippen molar-refractivity contribution in [1.82, 2.24) is 4.90 Å². The molecule has 0 bridgehead atoms. The molecule has 0 aliphatic carbocycles. The van der Waals surface area contributed by atoms with Gasteiger partial charge in [0, 0.05) is 30.7 Å². The molecule has 152 valence electrons. The average molecular weight is 422 g/mol. The van der Waals surface area contributed by atoms with E-state index in [4.69, 9.17) is 5.73 Å². The standard InChI is InChI=1S/C20H27N2O4PS/c21-9-5-4-8-20(19(23)24)15-22(10-11-27(20,25)26)13-18-12-17(14-28-18)16-6-2-1-3-7-16/h1-3,6-7,12,14H,4-5,8-11,13,15,21H2,(H,23,24)(H,25,26). The van der Waals surface area contributed by atoms with E-state index in [1.165, 1.54) is 0 Å². The van der Waals surface area contributed by atoms with Crippen LogP contribution in [0.15, 0.2) is 41.8 Å². The summed E-state index contributed by atoms with van der Waals surface area (Å²) in [7, 11) is -3.79. The van der Waals surface area contributed by atoms with Crippen molar-refractivity contribution in [2.75, 3.05) is 25.8 Å². The van der Waals surface area contributed by atoms with Crippen molar-refractivity contribution in [2.45, 2.75) is 31.0 Å². The van der Waals surface area contributed by atoms with Crippen LogP contribution in [0, 0.1) is 0 Å². The molecule has 1 aromatic heterocycles. The molecule has 0 spiro atoms. The first kappa shape index (κ1) is 21.2. The van der Waals surface area contributed by atoms with E-state index < -0.39 is 18.5 Å². The molecule has 8 heteroatoms. The minimum Gasteiger partial charge on any atom is -0.480 e. The monoisotopic (exact) mass is 422 g/mol. The number of carboxylic acid groups (broad SMARTS) is 1. The zero-order chi connectivity index (χ0) is 20.2. The summed E-state index contributed by atoms with van der Waals surface area (Å²) >= 11 is 1.63. The SMILES string of the molecule is NCCCCC1(C(=O)O)CN(Cc2cc(-c3ccccc3)cs2)CCP1(=O)O. The highest BCUT2D eigenvalue weighted by Crippen LogP contribution is 2.59. The van der Waals surface area contributed by atoms with Crippen LogP contribution in [0.1, 0.15) is 24.1 Å². The molecule has 0 saturated carbocycles. The number of unbranched alkanes of at least 4 members (excludes halogenated alkanes) is 1. The normalized spacial score (nSPS) is 25.6. The summed E-state index contributed by atoms with van der Waals surface area (Å²) in [5, 5.41) is 10.4. The highest BCUT2D eigenvalue weighted by atomic mass is 32.1. The Hall–Kier alpha value is -1.50. The van der Waals surface area contributed by atoms with E-state index in [2.05, 4.69) is 23.6 Å². The molecule has 1 aliphatic rings. The number of hydrogen-bond donors (Lipinski definition) is 3. The second kappa shape index (κ2) is 8.89. The second-order valence-corrected chi connectivity index (χ2v) is 11.1. The lowest BCUT2D eigenvalue weighted by Gasteiger charge is -2.42. The van der Waals surface area contributed by atoms with Crippen LogP contribution in [0.3, 0.4) is 0 Å². The number of carbonyl (C=O) groups is 1. The smallest absolute Gasteiger partial charge is 0.320 e. The molecule has 1 aliphatic heterocycles. The van der Waals surface area contributed by atoms with Gasteiger partial charge in [0.25, 0.3) is 0 Å². The van der Waals surface area contributed by atoms with Gasteiger partial charge in [-0.2, -0.15) is 0 Å². The van der Waals surface area contributed by atoms with Crippen molar-refractivity contribution in [2.24, 2.45) is 5.73 Å². The van der Waals surface area contributed by atoms with Crippen molar-refractivity contribution < 1.29 is 19.4 Å². The number of aliphatic carboxylic acids is 1. The Labute approximate surface area is 169 Å². The molecule has 4 N–H and O–H groups in total. The van der Waals surface area contributed by atoms with E-state index >= 15 is 0 Å². The number of hydrogen-bond acceptors (Lipinski definition) is 5. The summed E-state index contributed by atoms with van der Waals surface area (Å²) in [6, 6.07) is 12.2. The zero-order valence-corrected chi connectivity index (χ0v) is 17.5. The van der Waals surface area contributed by atoms with Gasteiger partial charge in [0.2, 0.25) is 7.37 Å². The van der Waals surface area contributed by atoms with Gasteiger partial charge in [0.1, 0.15) is 0 Å². The molecular weight excluding hydrogens is 395 g/mol. The number of carboxylic acids is 1. The third kappa shape index (κ3) is 4.39. The van der Waals surface area contributed by atoms with Crippen molar-refractivity contribution in [1.29, 1.82) is 0 Å². The Balaban J connectivity index is 1.76. The Kier molecular flexibility index (Phi) is 6.73. The Morgan fingerprint density at radius 2 is 2.00 bits per heavy atom. The maximum absolute atomic E-state index is 12.8. The third-order valence-electron chi connectivity index (χ3n) is 5.46. The molecular formula is C20H27N2O4PS. The van der Waals surface area contributed by atoms with Crippen LogP contribution in [0.2, 0.25) is 0 Å². The van der Waals surface area contributed by atoms with Crippen molar-refractivity contribution in [3.63, 3.8) is 0 Å². The quantitative estimate of drug-likeness (QED) is 0.445. The van der Waals surface area contributed by atoms with Crippen LogP contribution >= 0.6 is 18.7 Å². The lowest BCUT2D eigenvalue weighted by molar-refractivity contribution is -0.141. The number of nitrogens with two attached hydrogens (primary N) is 1. The third-order valence-corrected chi connectivity index (χ3v) is 9.08. The molecule has 2 atom stereocenters. The van der Waals surface area contributed by atoms with Crippen LogP contribution in [0.25, 0.3) is 11.1 Å². The van der Waals surface area contributed by atoms with Gasteiger partial charge in [-0.15, -0.1) is 11.3 Å². The molecule has 2 aromatic rings. The van der Waals surface area contributed by atoms with Crippen LogP contribution in [-0.4, -0.2) is 51.8 Å². The maximum Gasteiger partial charge on any atom is 0.320 e. The van der Waals surface area contributed by atoms with Crippen LogP contribution in [0.5, 0.6) is 0 Å². The Morgan fingerprint density at radius 3 is 2.68 bits per heavy atom. The molecule has 2 heterocycles. The molecule has 1 fully saturated rings.